The van der Waals surface area contributed by atoms with E-state index in [0.29, 0.717) is 13.0 Å². The summed E-state index contributed by atoms with van der Waals surface area (Å²) in [6.45, 7) is 4.18. The minimum atomic E-state index is 0.145. The zero-order valence-corrected chi connectivity index (χ0v) is 10.6. The Hall–Kier alpha value is -2.15. The third-order valence-electron chi connectivity index (χ3n) is 2.91. The summed E-state index contributed by atoms with van der Waals surface area (Å²) in [7, 11) is 0. The Morgan fingerprint density at radius 2 is 2.28 bits per heavy atom. The molecule has 1 aromatic carbocycles. The predicted octanol–water partition coefficient (Wildman–Crippen LogP) is 2.39. The van der Waals surface area contributed by atoms with Crippen molar-refractivity contribution in [2.45, 2.75) is 33.2 Å². The standard InChI is InChI=1S/C14H15N3O/c1-10-3-4-13-12(9-10)16-14(5-7-15)17(13)8-6-11(2)18/h3-4,9H,5-6,8H2,1-2H3. The Kier molecular flexibility index (Phi) is 3.42. The van der Waals surface area contributed by atoms with Crippen LogP contribution in [0.3, 0.4) is 0 Å². The maximum Gasteiger partial charge on any atom is 0.131 e. The Balaban J connectivity index is 2.48. The van der Waals surface area contributed by atoms with E-state index in [4.69, 9.17) is 5.26 Å². The monoisotopic (exact) mass is 241 g/mol. The Labute approximate surface area is 106 Å². The molecule has 2 aromatic rings. The maximum absolute atomic E-state index is 11.1. The van der Waals surface area contributed by atoms with Gasteiger partial charge in [0.2, 0.25) is 0 Å². The van der Waals surface area contributed by atoms with Gasteiger partial charge in [0.05, 0.1) is 23.5 Å². The number of hydrogen-bond acceptors (Lipinski definition) is 3. The van der Waals surface area contributed by atoms with Gasteiger partial charge in [-0.2, -0.15) is 5.26 Å². The molecule has 0 fully saturated rings. The highest BCUT2D eigenvalue weighted by Crippen LogP contribution is 2.18. The van der Waals surface area contributed by atoms with E-state index in [9.17, 15) is 4.79 Å². The van der Waals surface area contributed by atoms with Crippen LogP contribution in [0.5, 0.6) is 0 Å². The molecule has 0 atom stereocenters. The van der Waals surface area contributed by atoms with Crippen LogP contribution in [0.15, 0.2) is 18.2 Å². The average Bonchev–Trinajstić information content (AvgIpc) is 2.63. The molecule has 92 valence electrons. The number of imidazole rings is 1. The van der Waals surface area contributed by atoms with Crippen LogP contribution < -0.4 is 0 Å². The van der Waals surface area contributed by atoms with E-state index >= 15 is 0 Å². The molecule has 0 aliphatic rings. The second kappa shape index (κ2) is 5.01. The van der Waals surface area contributed by atoms with Crippen LogP contribution in [0.25, 0.3) is 11.0 Å². The lowest BCUT2D eigenvalue weighted by Gasteiger charge is -2.05. The van der Waals surface area contributed by atoms with Crippen LogP contribution in [0.2, 0.25) is 0 Å². The first kappa shape index (κ1) is 12.3. The van der Waals surface area contributed by atoms with E-state index in [2.05, 4.69) is 11.1 Å². The molecular formula is C14H15N3O. The molecule has 18 heavy (non-hydrogen) atoms. The van der Waals surface area contributed by atoms with Gasteiger partial charge < -0.3 is 4.57 Å². The SMILES string of the molecule is CC(=O)CCn1c(CC#N)nc2cc(C)ccc21. The molecule has 0 saturated heterocycles. The van der Waals surface area contributed by atoms with Crippen molar-refractivity contribution < 1.29 is 4.79 Å². The van der Waals surface area contributed by atoms with E-state index in [-0.39, 0.29) is 12.2 Å². The summed E-state index contributed by atoms with van der Waals surface area (Å²) in [6.07, 6.45) is 0.739. The third kappa shape index (κ3) is 2.40. The molecular weight excluding hydrogens is 226 g/mol. The van der Waals surface area contributed by atoms with Gasteiger partial charge in [-0.3, -0.25) is 4.79 Å². The largest absolute Gasteiger partial charge is 0.327 e. The number of carbonyl (C=O) groups is 1. The molecule has 0 bridgehead atoms. The van der Waals surface area contributed by atoms with E-state index in [1.165, 1.54) is 0 Å². The lowest BCUT2D eigenvalue weighted by Crippen LogP contribution is -2.06. The molecule has 0 unspecified atom stereocenters. The molecule has 0 amide bonds. The molecule has 1 aromatic heterocycles. The van der Waals surface area contributed by atoms with E-state index in [1.54, 1.807) is 6.92 Å². The van der Waals surface area contributed by atoms with Crippen LogP contribution in [-0.2, 0) is 17.8 Å². The lowest BCUT2D eigenvalue weighted by atomic mass is 10.2. The Bertz CT molecular complexity index is 634. The first-order valence-electron chi connectivity index (χ1n) is 5.94. The second-order valence-corrected chi connectivity index (χ2v) is 4.46. The zero-order chi connectivity index (χ0) is 13.1. The summed E-state index contributed by atoms with van der Waals surface area (Å²) < 4.78 is 1.97. The van der Waals surface area contributed by atoms with E-state index < -0.39 is 0 Å². The van der Waals surface area contributed by atoms with Crippen LogP contribution in [-0.4, -0.2) is 15.3 Å². The van der Waals surface area contributed by atoms with Crippen LogP contribution in [0, 0.1) is 18.3 Å². The number of aromatic nitrogens is 2. The van der Waals surface area contributed by atoms with Gasteiger partial charge in [-0.15, -0.1) is 0 Å². The molecule has 4 nitrogen and oxygen atoms in total. The molecule has 0 radical (unpaired) electrons. The van der Waals surface area contributed by atoms with Crippen LogP contribution in [0.1, 0.15) is 24.7 Å². The van der Waals surface area contributed by atoms with Crippen molar-refractivity contribution in [3.8, 4) is 6.07 Å². The second-order valence-electron chi connectivity index (χ2n) is 4.46. The summed E-state index contributed by atoms with van der Waals surface area (Å²) >= 11 is 0. The topological polar surface area (TPSA) is 58.7 Å². The van der Waals surface area contributed by atoms with Gasteiger partial charge in [0, 0.05) is 13.0 Å². The summed E-state index contributed by atoms with van der Waals surface area (Å²) in [6, 6.07) is 8.14. The fourth-order valence-electron chi connectivity index (χ4n) is 2.01. The van der Waals surface area contributed by atoms with E-state index in [0.717, 1.165) is 22.4 Å². The van der Waals surface area contributed by atoms with E-state index in [1.807, 2.05) is 29.7 Å². The molecule has 0 aliphatic carbocycles. The number of Topliss-reactive ketones (excluding diaryl/α,β-unsaturated/α-hetero) is 1. The van der Waals surface area contributed by atoms with Crippen molar-refractivity contribution in [1.82, 2.24) is 9.55 Å². The van der Waals surface area contributed by atoms with Crippen molar-refractivity contribution in [3.63, 3.8) is 0 Å². The first-order valence-corrected chi connectivity index (χ1v) is 5.94. The number of aryl methyl sites for hydroxylation is 2. The fraction of sp³-hybridized carbons (Fsp3) is 0.357. The van der Waals surface area contributed by atoms with Crippen molar-refractivity contribution in [2.75, 3.05) is 0 Å². The average molecular weight is 241 g/mol. The molecule has 0 aliphatic heterocycles. The minimum absolute atomic E-state index is 0.145. The highest BCUT2D eigenvalue weighted by atomic mass is 16.1. The molecule has 0 saturated carbocycles. The number of ketones is 1. The van der Waals surface area contributed by atoms with Crippen molar-refractivity contribution in [2.24, 2.45) is 0 Å². The number of benzene rings is 1. The van der Waals surface area contributed by atoms with Crippen LogP contribution >= 0.6 is 0 Å². The van der Waals surface area contributed by atoms with Crippen molar-refractivity contribution >= 4 is 16.8 Å². The van der Waals surface area contributed by atoms with Crippen molar-refractivity contribution in [3.05, 3.63) is 29.6 Å². The zero-order valence-electron chi connectivity index (χ0n) is 10.6. The number of nitriles is 1. The molecule has 4 heteroatoms. The van der Waals surface area contributed by atoms with Gasteiger partial charge >= 0.3 is 0 Å². The summed E-state index contributed by atoms with van der Waals surface area (Å²) in [5.74, 6) is 0.881. The van der Waals surface area contributed by atoms with Gasteiger partial charge in [-0.05, 0) is 31.5 Å². The Morgan fingerprint density at radius 1 is 1.50 bits per heavy atom. The quantitative estimate of drug-likeness (QED) is 0.825. The molecule has 2 rings (SSSR count). The highest BCUT2D eigenvalue weighted by molar-refractivity contribution is 5.78. The van der Waals surface area contributed by atoms with Crippen molar-refractivity contribution in [1.29, 1.82) is 5.26 Å². The summed E-state index contributed by atoms with van der Waals surface area (Å²) in [4.78, 5) is 15.6. The van der Waals surface area contributed by atoms with Gasteiger partial charge in [-0.1, -0.05) is 6.07 Å². The minimum Gasteiger partial charge on any atom is -0.327 e. The summed E-state index contributed by atoms with van der Waals surface area (Å²) in [5.41, 5.74) is 3.03. The number of nitrogens with zero attached hydrogens (tertiary/aromatic N) is 3. The number of carbonyl (C=O) groups excluding carboxylic acids is 1. The van der Waals surface area contributed by atoms with Crippen LogP contribution in [0.4, 0.5) is 0 Å². The predicted molar refractivity (Wildman–Crippen MR) is 69.1 cm³/mol. The molecule has 0 N–H and O–H groups in total. The van der Waals surface area contributed by atoms with Gasteiger partial charge in [0.15, 0.2) is 0 Å². The van der Waals surface area contributed by atoms with Gasteiger partial charge in [-0.25, -0.2) is 4.98 Å². The summed E-state index contributed by atoms with van der Waals surface area (Å²) in [5, 5.41) is 8.83. The highest BCUT2D eigenvalue weighted by Gasteiger charge is 2.10. The first-order chi connectivity index (χ1) is 8.61. The lowest BCUT2D eigenvalue weighted by molar-refractivity contribution is -0.117. The number of hydrogen-bond donors (Lipinski definition) is 0. The number of fused-ring (bicyclic) bond motifs is 1. The van der Waals surface area contributed by atoms with Gasteiger partial charge in [0.25, 0.3) is 0 Å². The fourth-order valence-corrected chi connectivity index (χ4v) is 2.01. The molecule has 1 heterocycles. The smallest absolute Gasteiger partial charge is 0.131 e. The Morgan fingerprint density at radius 3 is 2.94 bits per heavy atom. The number of rotatable bonds is 4. The maximum atomic E-state index is 11.1. The third-order valence-corrected chi connectivity index (χ3v) is 2.91. The van der Waals surface area contributed by atoms with Gasteiger partial charge in [0.1, 0.15) is 11.6 Å². The normalized spacial score (nSPS) is 10.5. The molecule has 0 spiro atoms.